The SMILES string of the molecule is CCc1ccc(OC)cc1N(C)c1cc2c(ncn2C)c(N=C(c2ccccc2)c2ccccc2)n1. The summed E-state index contributed by atoms with van der Waals surface area (Å²) in [5.74, 6) is 2.18. The van der Waals surface area contributed by atoms with Gasteiger partial charge in [-0.2, -0.15) is 0 Å². The van der Waals surface area contributed by atoms with E-state index in [-0.39, 0.29) is 0 Å². The lowest BCUT2D eigenvalue weighted by Crippen LogP contribution is -2.14. The summed E-state index contributed by atoms with van der Waals surface area (Å²) in [6.07, 6.45) is 2.71. The summed E-state index contributed by atoms with van der Waals surface area (Å²) < 4.78 is 7.51. The summed E-state index contributed by atoms with van der Waals surface area (Å²) >= 11 is 0. The fraction of sp³-hybridized carbons (Fsp3) is 0.167. The molecule has 36 heavy (non-hydrogen) atoms. The topological polar surface area (TPSA) is 55.5 Å². The van der Waals surface area contributed by atoms with Gasteiger partial charge in [0.25, 0.3) is 0 Å². The van der Waals surface area contributed by atoms with Gasteiger partial charge in [0.1, 0.15) is 17.1 Å². The molecule has 0 fully saturated rings. The van der Waals surface area contributed by atoms with E-state index in [0.717, 1.165) is 51.5 Å². The maximum atomic E-state index is 5.51. The van der Waals surface area contributed by atoms with Crippen molar-refractivity contribution in [3.8, 4) is 5.75 Å². The maximum absolute atomic E-state index is 5.51. The molecule has 0 radical (unpaired) electrons. The number of aryl methyl sites for hydroxylation is 2. The molecule has 5 aromatic rings. The number of benzene rings is 3. The van der Waals surface area contributed by atoms with E-state index in [4.69, 9.17) is 14.7 Å². The first-order valence-electron chi connectivity index (χ1n) is 12.0. The van der Waals surface area contributed by atoms with Gasteiger partial charge in [-0.3, -0.25) is 0 Å². The van der Waals surface area contributed by atoms with Crippen molar-refractivity contribution in [1.29, 1.82) is 0 Å². The van der Waals surface area contributed by atoms with Gasteiger partial charge in [-0.05, 0) is 18.1 Å². The number of methoxy groups -OCH3 is 1. The van der Waals surface area contributed by atoms with Crippen LogP contribution in [-0.2, 0) is 13.5 Å². The standard InChI is InChI=1S/C30H29N5O/c1-5-21-16-17-24(36-4)18-25(21)35(3)27-19-26-29(31-20-34(26)2)30(32-27)33-28(22-12-8-6-9-13-22)23-14-10-7-11-15-23/h6-20H,5H2,1-4H3. The predicted octanol–water partition coefficient (Wildman–Crippen LogP) is 6.48. The highest BCUT2D eigenvalue weighted by Crippen LogP contribution is 2.34. The zero-order chi connectivity index (χ0) is 25.1. The van der Waals surface area contributed by atoms with Crippen molar-refractivity contribution in [3.05, 3.63) is 108 Å². The Kier molecular flexibility index (Phi) is 6.50. The van der Waals surface area contributed by atoms with E-state index in [2.05, 4.69) is 59.3 Å². The Morgan fingerprint density at radius 1 is 0.944 bits per heavy atom. The van der Waals surface area contributed by atoms with Gasteiger partial charge in [-0.15, -0.1) is 0 Å². The maximum Gasteiger partial charge on any atom is 0.183 e. The van der Waals surface area contributed by atoms with Crippen LogP contribution in [0.25, 0.3) is 11.0 Å². The van der Waals surface area contributed by atoms with Gasteiger partial charge in [0, 0.05) is 43.0 Å². The molecule has 0 unspecified atom stereocenters. The highest BCUT2D eigenvalue weighted by Gasteiger charge is 2.17. The van der Waals surface area contributed by atoms with Crippen LogP contribution in [0.1, 0.15) is 23.6 Å². The second-order valence-corrected chi connectivity index (χ2v) is 8.63. The first-order chi connectivity index (χ1) is 17.6. The van der Waals surface area contributed by atoms with Crippen LogP contribution >= 0.6 is 0 Å². The fourth-order valence-electron chi connectivity index (χ4n) is 4.35. The molecule has 0 saturated carbocycles. The number of imidazole rings is 1. The fourth-order valence-corrected chi connectivity index (χ4v) is 4.35. The number of rotatable bonds is 7. The molecule has 5 rings (SSSR count). The number of pyridine rings is 1. The molecule has 0 bridgehead atoms. The molecule has 0 atom stereocenters. The van der Waals surface area contributed by atoms with E-state index >= 15 is 0 Å². The molecule has 0 spiro atoms. The molecule has 0 aliphatic heterocycles. The van der Waals surface area contributed by atoms with Crippen LogP contribution < -0.4 is 9.64 Å². The van der Waals surface area contributed by atoms with E-state index < -0.39 is 0 Å². The molecule has 6 heteroatoms. The van der Waals surface area contributed by atoms with E-state index in [9.17, 15) is 0 Å². The zero-order valence-corrected chi connectivity index (χ0v) is 21.0. The largest absolute Gasteiger partial charge is 0.497 e. The monoisotopic (exact) mass is 475 g/mol. The number of aromatic nitrogens is 3. The van der Waals surface area contributed by atoms with Gasteiger partial charge in [-0.1, -0.05) is 73.7 Å². The average molecular weight is 476 g/mol. The molecule has 0 aliphatic carbocycles. The number of nitrogens with zero attached hydrogens (tertiary/aromatic N) is 5. The summed E-state index contributed by atoms with van der Waals surface area (Å²) in [5.41, 5.74) is 6.89. The third-order valence-electron chi connectivity index (χ3n) is 6.37. The molecular weight excluding hydrogens is 446 g/mol. The average Bonchev–Trinajstić information content (AvgIpc) is 3.32. The Hall–Kier alpha value is -4.45. The molecule has 6 nitrogen and oxygen atoms in total. The molecule has 0 saturated heterocycles. The first kappa shape index (κ1) is 23.3. The number of hydrogen-bond donors (Lipinski definition) is 0. The summed E-state index contributed by atoms with van der Waals surface area (Å²) in [6.45, 7) is 2.15. The molecule has 0 N–H and O–H groups in total. The number of ether oxygens (including phenoxy) is 1. The highest BCUT2D eigenvalue weighted by atomic mass is 16.5. The number of aliphatic imine (C=N–C) groups is 1. The number of hydrogen-bond acceptors (Lipinski definition) is 5. The Morgan fingerprint density at radius 3 is 2.22 bits per heavy atom. The molecule has 180 valence electrons. The van der Waals surface area contributed by atoms with Crippen molar-refractivity contribution in [2.24, 2.45) is 12.0 Å². The van der Waals surface area contributed by atoms with E-state index in [0.29, 0.717) is 5.82 Å². The third kappa shape index (κ3) is 4.45. The molecule has 2 heterocycles. The van der Waals surface area contributed by atoms with Crippen LogP contribution in [0.4, 0.5) is 17.3 Å². The van der Waals surface area contributed by atoms with Crippen molar-refractivity contribution in [2.75, 3.05) is 19.1 Å². The van der Waals surface area contributed by atoms with Gasteiger partial charge in [0.05, 0.1) is 24.7 Å². The minimum absolute atomic E-state index is 0.582. The quantitative estimate of drug-likeness (QED) is 0.253. The number of fused-ring (bicyclic) bond motifs is 1. The van der Waals surface area contributed by atoms with Crippen LogP contribution in [-0.4, -0.2) is 34.4 Å². The molecule has 3 aromatic carbocycles. The third-order valence-corrected chi connectivity index (χ3v) is 6.37. The summed E-state index contributed by atoms with van der Waals surface area (Å²) in [5, 5.41) is 0. The van der Waals surface area contributed by atoms with Crippen LogP contribution in [0.5, 0.6) is 5.75 Å². The summed E-state index contributed by atoms with van der Waals surface area (Å²) in [4.78, 5) is 16.9. The van der Waals surface area contributed by atoms with Crippen molar-refractivity contribution >= 4 is 34.1 Å². The Labute approximate surface area is 211 Å². The van der Waals surface area contributed by atoms with E-state index in [1.807, 2.05) is 67.5 Å². The van der Waals surface area contributed by atoms with Crippen molar-refractivity contribution < 1.29 is 4.74 Å². The molecular formula is C30H29N5O. The predicted molar refractivity (Wildman–Crippen MR) is 147 cm³/mol. The smallest absolute Gasteiger partial charge is 0.183 e. The molecule has 2 aromatic heterocycles. The van der Waals surface area contributed by atoms with E-state index in [1.165, 1.54) is 5.56 Å². The van der Waals surface area contributed by atoms with Gasteiger partial charge in [0.2, 0.25) is 0 Å². The van der Waals surface area contributed by atoms with Crippen molar-refractivity contribution in [2.45, 2.75) is 13.3 Å². The normalized spacial score (nSPS) is 10.9. The summed E-state index contributed by atoms with van der Waals surface area (Å²) in [6, 6.07) is 28.6. The Morgan fingerprint density at radius 2 is 1.61 bits per heavy atom. The molecule has 0 aliphatic rings. The minimum atomic E-state index is 0.582. The lowest BCUT2D eigenvalue weighted by Gasteiger charge is -2.22. The second-order valence-electron chi connectivity index (χ2n) is 8.63. The van der Waals surface area contributed by atoms with Gasteiger partial charge >= 0.3 is 0 Å². The van der Waals surface area contributed by atoms with Crippen LogP contribution in [0.2, 0.25) is 0 Å². The van der Waals surface area contributed by atoms with E-state index in [1.54, 1.807) is 7.11 Å². The minimum Gasteiger partial charge on any atom is -0.497 e. The van der Waals surface area contributed by atoms with Gasteiger partial charge < -0.3 is 14.2 Å². The Balaban J connectivity index is 1.71. The first-order valence-corrected chi connectivity index (χ1v) is 12.0. The summed E-state index contributed by atoms with van der Waals surface area (Å²) in [7, 11) is 5.71. The van der Waals surface area contributed by atoms with Crippen LogP contribution in [0, 0.1) is 0 Å². The molecule has 0 amide bonds. The second kappa shape index (κ2) is 10.0. The van der Waals surface area contributed by atoms with Gasteiger partial charge in [-0.25, -0.2) is 15.0 Å². The van der Waals surface area contributed by atoms with Gasteiger partial charge in [0.15, 0.2) is 5.82 Å². The van der Waals surface area contributed by atoms with Crippen molar-refractivity contribution in [3.63, 3.8) is 0 Å². The highest BCUT2D eigenvalue weighted by molar-refractivity contribution is 6.14. The van der Waals surface area contributed by atoms with Crippen molar-refractivity contribution in [1.82, 2.24) is 14.5 Å². The van der Waals surface area contributed by atoms with Crippen LogP contribution in [0.15, 0.2) is 96.2 Å². The zero-order valence-electron chi connectivity index (χ0n) is 21.0. The van der Waals surface area contributed by atoms with Crippen LogP contribution in [0.3, 0.4) is 0 Å². The lowest BCUT2D eigenvalue weighted by molar-refractivity contribution is 0.415. The Bertz CT molecular complexity index is 1480. The number of anilines is 2. The lowest BCUT2D eigenvalue weighted by atomic mass is 10.0.